The molecule has 2 rings (SSSR count). The number of carbonyl (C=O) groups is 1. The van der Waals surface area contributed by atoms with Gasteiger partial charge in [0.25, 0.3) is 0 Å². The summed E-state index contributed by atoms with van der Waals surface area (Å²) in [5.74, 6) is -0.287. The second-order valence-electron chi connectivity index (χ2n) is 5.59. The smallest absolute Gasteiger partial charge is 0.412 e. The summed E-state index contributed by atoms with van der Waals surface area (Å²) in [5.41, 5.74) is 0.497. The molecule has 0 spiro atoms. The first-order valence-electron chi connectivity index (χ1n) is 6.23. The minimum atomic E-state index is -0.561. The largest absolute Gasteiger partial charge is 0.444 e. The normalized spacial score (nSPS) is 18.0. The minimum absolute atomic E-state index is 0.103. The van der Waals surface area contributed by atoms with Crippen molar-refractivity contribution < 1.29 is 18.7 Å². The summed E-state index contributed by atoms with van der Waals surface area (Å²) < 4.78 is 23.8. The van der Waals surface area contributed by atoms with Crippen LogP contribution in [-0.2, 0) is 15.9 Å². The number of halogens is 1. The first-order valence-corrected chi connectivity index (χ1v) is 6.23. The predicted octanol–water partition coefficient (Wildman–Crippen LogP) is 3.11. The minimum Gasteiger partial charge on any atom is -0.444 e. The number of rotatable bonds is 3. The van der Waals surface area contributed by atoms with E-state index in [0.29, 0.717) is 24.3 Å². The van der Waals surface area contributed by atoms with Gasteiger partial charge in [0.2, 0.25) is 0 Å². The van der Waals surface area contributed by atoms with Crippen molar-refractivity contribution in [2.45, 2.75) is 38.9 Å². The third kappa shape index (κ3) is 4.52. The molecule has 1 fully saturated rings. The molecule has 19 heavy (non-hydrogen) atoms. The van der Waals surface area contributed by atoms with Gasteiger partial charge in [0.1, 0.15) is 11.4 Å². The van der Waals surface area contributed by atoms with Crippen molar-refractivity contribution in [3.63, 3.8) is 0 Å². The Bertz CT molecular complexity index is 478. The molecule has 5 heteroatoms. The van der Waals surface area contributed by atoms with Crippen LogP contribution in [0.1, 0.15) is 26.3 Å². The van der Waals surface area contributed by atoms with Crippen molar-refractivity contribution in [2.75, 3.05) is 11.9 Å². The SMILES string of the molecule is CC(C)(C)OC(=O)Nc1ccc(F)c(CC2CO2)c1. The molecule has 1 heterocycles. The van der Waals surface area contributed by atoms with Crippen LogP contribution in [0.4, 0.5) is 14.9 Å². The second-order valence-corrected chi connectivity index (χ2v) is 5.59. The molecule has 1 amide bonds. The molecule has 1 aliphatic heterocycles. The first kappa shape index (κ1) is 13.8. The highest BCUT2D eigenvalue weighted by Crippen LogP contribution is 2.22. The van der Waals surface area contributed by atoms with E-state index in [2.05, 4.69) is 5.32 Å². The molecule has 1 aliphatic rings. The maximum atomic E-state index is 13.6. The molecule has 1 atom stereocenters. The van der Waals surface area contributed by atoms with Crippen molar-refractivity contribution >= 4 is 11.8 Å². The summed E-state index contributed by atoms with van der Waals surface area (Å²) in [6, 6.07) is 4.46. The van der Waals surface area contributed by atoms with Crippen molar-refractivity contribution in [1.82, 2.24) is 0 Å². The first-order chi connectivity index (χ1) is 8.83. The van der Waals surface area contributed by atoms with Crippen LogP contribution in [0.5, 0.6) is 0 Å². The average molecular weight is 267 g/mol. The zero-order valence-corrected chi connectivity index (χ0v) is 11.3. The third-order valence-corrected chi connectivity index (χ3v) is 2.54. The Morgan fingerprint density at radius 1 is 1.53 bits per heavy atom. The predicted molar refractivity (Wildman–Crippen MR) is 69.7 cm³/mol. The van der Waals surface area contributed by atoms with Gasteiger partial charge in [-0.3, -0.25) is 5.32 Å². The van der Waals surface area contributed by atoms with E-state index in [9.17, 15) is 9.18 Å². The number of carbonyl (C=O) groups excluding carboxylic acids is 1. The lowest BCUT2D eigenvalue weighted by atomic mass is 10.1. The molecule has 0 aliphatic carbocycles. The lowest BCUT2D eigenvalue weighted by molar-refractivity contribution is 0.0636. The van der Waals surface area contributed by atoms with Crippen LogP contribution in [0.25, 0.3) is 0 Å². The maximum Gasteiger partial charge on any atom is 0.412 e. The number of ether oxygens (including phenoxy) is 2. The van der Waals surface area contributed by atoms with E-state index in [4.69, 9.17) is 9.47 Å². The summed E-state index contributed by atoms with van der Waals surface area (Å²) in [6.07, 6.45) is 0.0781. The number of epoxide rings is 1. The summed E-state index contributed by atoms with van der Waals surface area (Å²) in [6.45, 7) is 6.02. The number of benzene rings is 1. The average Bonchev–Trinajstić information content (AvgIpc) is 3.04. The fourth-order valence-electron chi connectivity index (χ4n) is 1.66. The molecule has 0 saturated carbocycles. The van der Waals surface area contributed by atoms with Crippen molar-refractivity contribution in [3.8, 4) is 0 Å². The van der Waals surface area contributed by atoms with E-state index in [1.807, 2.05) is 0 Å². The fraction of sp³-hybridized carbons (Fsp3) is 0.500. The van der Waals surface area contributed by atoms with Gasteiger partial charge in [-0.15, -0.1) is 0 Å². The molecule has 0 radical (unpaired) electrons. The lowest BCUT2D eigenvalue weighted by Gasteiger charge is -2.19. The van der Waals surface area contributed by atoms with Crippen LogP contribution < -0.4 is 5.32 Å². The van der Waals surface area contributed by atoms with Gasteiger partial charge in [0.05, 0.1) is 12.7 Å². The number of nitrogens with one attached hydrogen (secondary N) is 1. The topological polar surface area (TPSA) is 50.9 Å². The Morgan fingerprint density at radius 2 is 2.21 bits per heavy atom. The third-order valence-electron chi connectivity index (χ3n) is 2.54. The zero-order chi connectivity index (χ0) is 14.0. The number of hydrogen-bond acceptors (Lipinski definition) is 3. The number of hydrogen-bond donors (Lipinski definition) is 1. The molecular weight excluding hydrogens is 249 g/mol. The quantitative estimate of drug-likeness (QED) is 0.856. The molecule has 0 bridgehead atoms. The van der Waals surface area contributed by atoms with E-state index in [0.717, 1.165) is 0 Å². The summed E-state index contributed by atoms with van der Waals surface area (Å²) in [5, 5.41) is 2.59. The van der Waals surface area contributed by atoms with E-state index < -0.39 is 11.7 Å². The standard InChI is InChI=1S/C14H18FNO3/c1-14(2,3)19-13(17)16-10-4-5-12(15)9(6-10)7-11-8-18-11/h4-6,11H,7-8H2,1-3H3,(H,16,17). The van der Waals surface area contributed by atoms with E-state index in [1.54, 1.807) is 26.8 Å². The van der Waals surface area contributed by atoms with Crippen LogP contribution in [0, 0.1) is 5.82 Å². The van der Waals surface area contributed by atoms with Gasteiger partial charge in [-0.25, -0.2) is 9.18 Å². The Labute approximate surface area is 111 Å². The molecule has 1 N–H and O–H groups in total. The molecule has 104 valence electrons. The number of anilines is 1. The van der Waals surface area contributed by atoms with E-state index >= 15 is 0 Å². The Hall–Kier alpha value is -1.62. The molecule has 1 unspecified atom stereocenters. The van der Waals surface area contributed by atoms with Gasteiger partial charge in [0.15, 0.2) is 0 Å². The highest BCUT2D eigenvalue weighted by atomic mass is 19.1. The van der Waals surface area contributed by atoms with Crippen LogP contribution in [0.15, 0.2) is 18.2 Å². The molecular formula is C14H18FNO3. The number of amides is 1. The molecule has 4 nitrogen and oxygen atoms in total. The summed E-state index contributed by atoms with van der Waals surface area (Å²) in [4.78, 5) is 11.6. The van der Waals surface area contributed by atoms with Gasteiger partial charge in [-0.1, -0.05) is 0 Å². The van der Waals surface area contributed by atoms with Crippen LogP contribution >= 0.6 is 0 Å². The van der Waals surface area contributed by atoms with Crippen LogP contribution in [-0.4, -0.2) is 24.4 Å². The monoisotopic (exact) mass is 267 g/mol. The summed E-state index contributed by atoms with van der Waals surface area (Å²) >= 11 is 0. The second kappa shape index (κ2) is 5.17. The van der Waals surface area contributed by atoms with Crippen molar-refractivity contribution in [1.29, 1.82) is 0 Å². The highest BCUT2D eigenvalue weighted by molar-refractivity contribution is 5.84. The van der Waals surface area contributed by atoms with E-state index in [-0.39, 0.29) is 11.9 Å². The van der Waals surface area contributed by atoms with Gasteiger partial charge >= 0.3 is 6.09 Å². The zero-order valence-electron chi connectivity index (χ0n) is 11.3. The fourth-order valence-corrected chi connectivity index (χ4v) is 1.66. The molecule has 1 saturated heterocycles. The highest BCUT2D eigenvalue weighted by Gasteiger charge is 2.24. The van der Waals surface area contributed by atoms with Gasteiger partial charge in [-0.05, 0) is 44.5 Å². The lowest BCUT2D eigenvalue weighted by Crippen LogP contribution is -2.27. The van der Waals surface area contributed by atoms with Crippen molar-refractivity contribution in [3.05, 3.63) is 29.6 Å². The van der Waals surface area contributed by atoms with Gasteiger partial charge < -0.3 is 9.47 Å². The van der Waals surface area contributed by atoms with Crippen LogP contribution in [0.3, 0.4) is 0 Å². The maximum absolute atomic E-state index is 13.6. The Kier molecular flexibility index (Phi) is 3.75. The molecule has 0 aromatic heterocycles. The Balaban J connectivity index is 2.01. The summed E-state index contributed by atoms with van der Waals surface area (Å²) in [7, 11) is 0. The Morgan fingerprint density at radius 3 is 2.79 bits per heavy atom. The molecule has 1 aromatic rings. The molecule has 1 aromatic carbocycles. The van der Waals surface area contributed by atoms with Crippen molar-refractivity contribution in [2.24, 2.45) is 0 Å². The van der Waals surface area contributed by atoms with E-state index in [1.165, 1.54) is 12.1 Å². The van der Waals surface area contributed by atoms with Gasteiger partial charge in [0, 0.05) is 12.1 Å². The van der Waals surface area contributed by atoms with Crippen LogP contribution in [0.2, 0.25) is 0 Å². The van der Waals surface area contributed by atoms with Gasteiger partial charge in [-0.2, -0.15) is 0 Å².